The van der Waals surface area contributed by atoms with Gasteiger partial charge < -0.3 is 5.11 Å². The van der Waals surface area contributed by atoms with Gasteiger partial charge in [0.1, 0.15) is 0 Å². The van der Waals surface area contributed by atoms with E-state index in [1.807, 2.05) is 6.92 Å². The second-order valence-corrected chi connectivity index (χ2v) is 5.70. The van der Waals surface area contributed by atoms with Crippen LogP contribution in [0, 0.1) is 5.92 Å². The number of allylic oxidation sites excluding steroid dienone is 4. The highest BCUT2D eigenvalue weighted by molar-refractivity contribution is 5.06. The van der Waals surface area contributed by atoms with E-state index >= 15 is 0 Å². The third-order valence-corrected chi connectivity index (χ3v) is 3.72. The molecule has 1 heteroatoms. The van der Waals surface area contributed by atoms with Crippen LogP contribution in [0.5, 0.6) is 0 Å². The summed E-state index contributed by atoms with van der Waals surface area (Å²) in [7, 11) is 0. The Morgan fingerprint density at radius 3 is 2.75 bits per heavy atom. The summed E-state index contributed by atoms with van der Waals surface area (Å²) in [5.41, 5.74) is 2.33. The van der Waals surface area contributed by atoms with Crippen LogP contribution >= 0.6 is 0 Å². The zero-order valence-electron chi connectivity index (χ0n) is 11.2. The highest BCUT2D eigenvalue weighted by Gasteiger charge is 2.31. The van der Waals surface area contributed by atoms with Gasteiger partial charge in [-0.05, 0) is 65.7 Å². The van der Waals surface area contributed by atoms with E-state index < -0.39 is 5.60 Å². The summed E-state index contributed by atoms with van der Waals surface area (Å²) in [4.78, 5) is 0. The molecule has 1 N–H and O–H groups in total. The van der Waals surface area contributed by atoms with Gasteiger partial charge in [-0.25, -0.2) is 0 Å². The van der Waals surface area contributed by atoms with Gasteiger partial charge >= 0.3 is 0 Å². The largest absolute Gasteiger partial charge is 0.390 e. The van der Waals surface area contributed by atoms with E-state index in [0.717, 1.165) is 32.1 Å². The fourth-order valence-electron chi connectivity index (χ4n) is 2.39. The first-order valence-electron chi connectivity index (χ1n) is 6.43. The van der Waals surface area contributed by atoms with Crippen molar-refractivity contribution in [3.63, 3.8) is 0 Å². The molecule has 1 unspecified atom stereocenters. The molecule has 0 saturated carbocycles. The molecule has 0 heterocycles. The topological polar surface area (TPSA) is 20.2 Å². The predicted octanol–water partition coefficient (Wildman–Crippen LogP) is 4.23. The smallest absolute Gasteiger partial charge is 0.0653 e. The van der Waals surface area contributed by atoms with E-state index in [4.69, 9.17) is 0 Å². The maximum absolute atomic E-state index is 10.5. The van der Waals surface area contributed by atoms with Gasteiger partial charge in [0.2, 0.25) is 0 Å². The first kappa shape index (κ1) is 13.5. The second-order valence-electron chi connectivity index (χ2n) is 5.70. The minimum Gasteiger partial charge on any atom is -0.390 e. The van der Waals surface area contributed by atoms with Crippen molar-refractivity contribution >= 4 is 0 Å². The lowest BCUT2D eigenvalue weighted by Gasteiger charge is -2.34. The lowest BCUT2D eigenvalue weighted by Crippen LogP contribution is -2.35. The van der Waals surface area contributed by atoms with Crippen LogP contribution in [-0.2, 0) is 0 Å². The molecular weight excluding hydrogens is 196 g/mol. The van der Waals surface area contributed by atoms with Gasteiger partial charge in [-0.1, -0.05) is 23.3 Å². The number of aliphatic hydroxyl groups is 1. The van der Waals surface area contributed by atoms with E-state index in [0.29, 0.717) is 5.92 Å². The maximum atomic E-state index is 10.5. The zero-order valence-corrected chi connectivity index (χ0v) is 11.2. The van der Waals surface area contributed by atoms with Gasteiger partial charge in [0.25, 0.3) is 0 Å². The van der Waals surface area contributed by atoms with E-state index in [1.165, 1.54) is 11.1 Å². The summed E-state index contributed by atoms with van der Waals surface area (Å²) in [6, 6.07) is 0. The summed E-state index contributed by atoms with van der Waals surface area (Å²) < 4.78 is 0. The molecule has 0 radical (unpaired) electrons. The van der Waals surface area contributed by atoms with Gasteiger partial charge in [-0.15, -0.1) is 0 Å². The molecule has 0 aromatic heterocycles. The SMILES string of the molecule is CC(C)=CCCC(C)(O)[C@H]1CC=C(C)CC1. The van der Waals surface area contributed by atoms with Crippen molar-refractivity contribution in [2.45, 2.75) is 65.4 Å². The number of rotatable bonds is 4. The monoisotopic (exact) mass is 222 g/mol. The van der Waals surface area contributed by atoms with Gasteiger partial charge in [0.05, 0.1) is 5.60 Å². The molecule has 16 heavy (non-hydrogen) atoms. The lowest BCUT2D eigenvalue weighted by atomic mass is 9.76. The Kier molecular flexibility index (Phi) is 4.79. The molecule has 0 saturated heterocycles. The molecule has 1 aliphatic rings. The van der Waals surface area contributed by atoms with Crippen molar-refractivity contribution in [1.82, 2.24) is 0 Å². The minimum absolute atomic E-state index is 0.446. The van der Waals surface area contributed by atoms with Crippen LogP contribution in [0.15, 0.2) is 23.3 Å². The Labute approximate surface area is 100 Å². The van der Waals surface area contributed by atoms with Crippen LogP contribution in [0.25, 0.3) is 0 Å². The Morgan fingerprint density at radius 2 is 2.25 bits per heavy atom. The van der Waals surface area contributed by atoms with Crippen molar-refractivity contribution in [3.8, 4) is 0 Å². The summed E-state index contributed by atoms with van der Waals surface area (Å²) in [6.07, 6.45) is 9.74. The van der Waals surface area contributed by atoms with E-state index in [9.17, 15) is 5.11 Å². The molecule has 1 nitrogen and oxygen atoms in total. The summed E-state index contributed by atoms with van der Waals surface area (Å²) in [6.45, 7) is 8.42. The van der Waals surface area contributed by atoms with Crippen molar-refractivity contribution in [2.24, 2.45) is 5.92 Å². The van der Waals surface area contributed by atoms with Gasteiger partial charge in [0, 0.05) is 0 Å². The molecule has 92 valence electrons. The lowest BCUT2D eigenvalue weighted by molar-refractivity contribution is -0.0122. The zero-order chi connectivity index (χ0) is 12.2. The summed E-state index contributed by atoms with van der Waals surface area (Å²) in [5, 5.41) is 10.5. The fraction of sp³-hybridized carbons (Fsp3) is 0.733. The minimum atomic E-state index is -0.497. The molecular formula is C15H26O. The molecule has 0 aromatic carbocycles. The fourth-order valence-corrected chi connectivity index (χ4v) is 2.39. The van der Waals surface area contributed by atoms with Crippen LogP contribution < -0.4 is 0 Å². The average molecular weight is 222 g/mol. The predicted molar refractivity (Wildman–Crippen MR) is 70.4 cm³/mol. The summed E-state index contributed by atoms with van der Waals surface area (Å²) >= 11 is 0. The van der Waals surface area contributed by atoms with Gasteiger partial charge in [-0.2, -0.15) is 0 Å². The number of hydrogen-bond acceptors (Lipinski definition) is 1. The average Bonchev–Trinajstić information content (AvgIpc) is 2.17. The number of hydrogen-bond donors (Lipinski definition) is 1. The Morgan fingerprint density at radius 1 is 1.56 bits per heavy atom. The van der Waals surface area contributed by atoms with Crippen molar-refractivity contribution in [1.29, 1.82) is 0 Å². The summed E-state index contributed by atoms with van der Waals surface area (Å²) in [5.74, 6) is 0.446. The molecule has 0 spiro atoms. The Hall–Kier alpha value is -0.560. The van der Waals surface area contributed by atoms with E-state index in [1.54, 1.807) is 0 Å². The van der Waals surface area contributed by atoms with E-state index in [-0.39, 0.29) is 0 Å². The van der Waals surface area contributed by atoms with Gasteiger partial charge in [-0.3, -0.25) is 0 Å². The van der Waals surface area contributed by atoms with Crippen molar-refractivity contribution in [3.05, 3.63) is 23.3 Å². The first-order chi connectivity index (χ1) is 7.42. The van der Waals surface area contributed by atoms with Crippen LogP contribution in [0.3, 0.4) is 0 Å². The van der Waals surface area contributed by atoms with Crippen molar-refractivity contribution < 1.29 is 5.11 Å². The first-order valence-corrected chi connectivity index (χ1v) is 6.43. The molecule has 0 amide bonds. The molecule has 1 rings (SSSR count). The maximum Gasteiger partial charge on any atom is 0.0653 e. The molecule has 0 bridgehead atoms. The normalized spacial score (nSPS) is 24.6. The molecule has 2 atom stereocenters. The Balaban J connectivity index is 2.47. The molecule has 0 fully saturated rings. The molecule has 0 aliphatic heterocycles. The highest BCUT2D eigenvalue weighted by atomic mass is 16.3. The van der Waals surface area contributed by atoms with Crippen molar-refractivity contribution in [2.75, 3.05) is 0 Å². The quantitative estimate of drug-likeness (QED) is 0.706. The highest BCUT2D eigenvalue weighted by Crippen LogP contribution is 2.34. The van der Waals surface area contributed by atoms with Crippen LogP contribution in [0.4, 0.5) is 0 Å². The molecule has 0 aromatic rings. The van der Waals surface area contributed by atoms with Crippen LogP contribution in [0.2, 0.25) is 0 Å². The molecule has 1 aliphatic carbocycles. The second kappa shape index (κ2) is 5.67. The van der Waals surface area contributed by atoms with Gasteiger partial charge in [0.15, 0.2) is 0 Å². The third kappa shape index (κ3) is 4.13. The third-order valence-electron chi connectivity index (χ3n) is 3.72. The van der Waals surface area contributed by atoms with E-state index in [2.05, 4.69) is 32.9 Å². The Bertz CT molecular complexity index is 280. The van der Waals surface area contributed by atoms with Crippen LogP contribution in [-0.4, -0.2) is 10.7 Å². The standard InChI is InChI=1S/C15H26O/c1-12(2)6-5-11-15(4,16)14-9-7-13(3)8-10-14/h6-7,14,16H,5,8-11H2,1-4H3/t14-,15?/m0/s1. The van der Waals surface area contributed by atoms with Crippen LogP contribution in [0.1, 0.15) is 59.8 Å².